The van der Waals surface area contributed by atoms with Crippen molar-refractivity contribution in [3.63, 3.8) is 0 Å². The van der Waals surface area contributed by atoms with Crippen molar-refractivity contribution in [1.82, 2.24) is 9.97 Å². The third-order valence-corrected chi connectivity index (χ3v) is 3.12. The van der Waals surface area contributed by atoms with Crippen LogP contribution < -0.4 is 15.0 Å². The molecule has 1 aliphatic rings. The van der Waals surface area contributed by atoms with E-state index in [2.05, 4.69) is 15.0 Å². The summed E-state index contributed by atoms with van der Waals surface area (Å²) in [7, 11) is 0. The molecule has 1 aliphatic heterocycles. The Balaban J connectivity index is 1.77. The standard InChI is InChI=1S/C14H11N3O4S/c18-12-9(13(19)17-14(22)16-12)6-15-4-3-8-1-2-10-11(5-8)21-7-20-10/h1-6H,7H2,(H3,16,17,18,19,22)/b4-3+,15-6?. The van der Waals surface area contributed by atoms with Gasteiger partial charge >= 0.3 is 0 Å². The molecular formula is C14H11N3O4S. The number of fused-ring (bicyclic) bond motifs is 1. The first-order valence-corrected chi connectivity index (χ1v) is 6.69. The minimum absolute atomic E-state index is 0.00365. The molecule has 0 amide bonds. The molecule has 8 heteroatoms. The molecule has 2 aromatic rings. The molecule has 0 saturated heterocycles. The number of H-pyrrole nitrogens is 2. The van der Waals surface area contributed by atoms with Gasteiger partial charge in [-0.1, -0.05) is 6.07 Å². The Bertz CT molecular complexity index is 882. The number of aromatic nitrogens is 2. The van der Waals surface area contributed by atoms with Gasteiger partial charge in [0.2, 0.25) is 12.7 Å². The van der Waals surface area contributed by atoms with Crippen LogP contribution >= 0.6 is 12.2 Å². The fraction of sp³-hybridized carbons (Fsp3) is 0.0714. The van der Waals surface area contributed by atoms with Crippen molar-refractivity contribution < 1.29 is 14.6 Å². The Labute approximate surface area is 129 Å². The number of nitrogens with zero attached hydrogens (tertiary/aromatic N) is 1. The van der Waals surface area contributed by atoms with Crippen molar-refractivity contribution in [2.45, 2.75) is 0 Å². The van der Waals surface area contributed by atoms with Gasteiger partial charge in [-0.2, -0.15) is 0 Å². The summed E-state index contributed by atoms with van der Waals surface area (Å²) < 4.78 is 10.5. The van der Waals surface area contributed by atoms with Gasteiger partial charge in [0.1, 0.15) is 5.56 Å². The molecule has 112 valence electrons. The van der Waals surface area contributed by atoms with Crippen molar-refractivity contribution in [2.24, 2.45) is 4.99 Å². The van der Waals surface area contributed by atoms with Crippen molar-refractivity contribution in [1.29, 1.82) is 0 Å². The summed E-state index contributed by atoms with van der Waals surface area (Å²) in [6, 6.07) is 5.47. The minimum Gasteiger partial charge on any atom is -0.494 e. The summed E-state index contributed by atoms with van der Waals surface area (Å²) in [4.78, 5) is 20.4. The number of hydrogen-bond donors (Lipinski definition) is 3. The Morgan fingerprint density at radius 2 is 2.09 bits per heavy atom. The van der Waals surface area contributed by atoms with Crippen molar-refractivity contribution >= 4 is 24.5 Å². The quantitative estimate of drug-likeness (QED) is 0.593. The highest BCUT2D eigenvalue weighted by Gasteiger charge is 2.12. The van der Waals surface area contributed by atoms with Crippen molar-refractivity contribution in [3.05, 3.63) is 50.7 Å². The maximum Gasteiger partial charge on any atom is 0.264 e. The SMILES string of the molecule is O=c1[nH]c(=S)[nH]c(O)c1C=N/C=C/c1ccc2c(c1)OCO2. The second kappa shape index (κ2) is 5.86. The average Bonchev–Trinajstić information content (AvgIpc) is 2.93. The maximum absolute atomic E-state index is 11.6. The van der Waals surface area contributed by atoms with E-state index < -0.39 is 5.56 Å². The molecular weight excluding hydrogens is 306 g/mol. The second-order valence-corrected chi connectivity index (χ2v) is 4.79. The third kappa shape index (κ3) is 2.91. The molecule has 1 aromatic carbocycles. The van der Waals surface area contributed by atoms with Crippen LogP contribution in [0.5, 0.6) is 17.4 Å². The first kappa shape index (κ1) is 14.1. The largest absolute Gasteiger partial charge is 0.494 e. The van der Waals surface area contributed by atoms with Gasteiger partial charge < -0.3 is 19.6 Å². The normalized spacial score (nSPS) is 13.3. The number of aromatic amines is 2. The molecule has 0 atom stereocenters. The summed E-state index contributed by atoms with van der Waals surface area (Å²) >= 11 is 4.73. The summed E-state index contributed by atoms with van der Waals surface area (Å²) in [5.74, 6) is 1.06. The predicted molar refractivity (Wildman–Crippen MR) is 83.1 cm³/mol. The molecule has 1 aromatic heterocycles. The fourth-order valence-electron chi connectivity index (χ4n) is 1.87. The van der Waals surface area contributed by atoms with Gasteiger partial charge in [-0.3, -0.25) is 14.8 Å². The molecule has 2 heterocycles. The van der Waals surface area contributed by atoms with Crippen LogP contribution in [0.3, 0.4) is 0 Å². The zero-order valence-corrected chi connectivity index (χ0v) is 12.0. The van der Waals surface area contributed by atoms with Gasteiger partial charge in [0.15, 0.2) is 16.3 Å². The Morgan fingerprint density at radius 3 is 2.91 bits per heavy atom. The number of ether oxygens (including phenoxy) is 2. The van der Waals surface area contributed by atoms with Crippen LogP contribution in [0.15, 0.2) is 34.2 Å². The van der Waals surface area contributed by atoms with E-state index in [4.69, 9.17) is 21.7 Å². The lowest BCUT2D eigenvalue weighted by atomic mass is 10.2. The third-order valence-electron chi connectivity index (χ3n) is 2.91. The molecule has 0 aliphatic carbocycles. The van der Waals surface area contributed by atoms with Gasteiger partial charge in [0.05, 0.1) is 0 Å². The first-order valence-electron chi connectivity index (χ1n) is 6.28. The van der Waals surface area contributed by atoms with Crippen LogP contribution in [-0.4, -0.2) is 28.1 Å². The topological polar surface area (TPSA) is 99.7 Å². The van der Waals surface area contributed by atoms with Crippen LogP contribution in [0.1, 0.15) is 11.1 Å². The Hall–Kier alpha value is -2.87. The molecule has 22 heavy (non-hydrogen) atoms. The molecule has 0 fully saturated rings. The fourth-order valence-corrected chi connectivity index (χ4v) is 2.06. The van der Waals surface area contributed by atoms with Gasteiger partial charge in [-0.05, 0) is 36.0 Å². The van der Waals surface area contributed by atoms with Crippen LogP contribution in [-0.2, 0) is 0 Å². The monoisotopic (exact) mass is 317 g/mol. The summed E-state index contributed by atoms with van der Waals surface area (Å²) in [6.45, 7) is 0.220. The van der Waals surface area contributed by atoms with Crippen molar-refractivity contribution in [2.75, 3.05) is 6.79 Å². The second-order valence-electron chi connectivity index (χ2n) is 4.38. The number of aromatic hydroxyl groups is 1. The number of aliphatic imine (C=N–C) groups is 1. The highest BCUT2D eigenvalue weighted by molar-refractivity contribution is 7.71. The first-order chi connectivity index (χ1) is 10.6. The van der Waals surface area contributed by atoms with E-state index in [0.717, 1.165) is 5.56 Å². The zero-order valence-electron chi connectivity index (χ0n) is 11.2. The van der Waals surface area contributed by atoms with E-state index in [-0.39, 0.29) is 23.0 Å². The zero-order chi connectivity index (χ0) is 15.5. The molecule has 3 rings (SSSR count). The average molecular weight is 317 g/mol. The highest BCUT2D eigenvalue weighted by Crippen LogP contribution is 2.32. The number of nitrogens with one attached hydrogen (secondary N) is 2. The maximum atomic E-state index is 11.6. The van der Waals surface area contributed by atoms with Crippen LogP contribution in [0.2, 0.25) is 0 Å². The molecule has 0 unspecified atom stereocenters. The highest BCUT2D eigenvalue weighted by atomic mass is 32.1. The summed E-state index contributed by atoms with van der Waals surface area (Å²) in [5, 5.41) is 9.61. The Morgan fingerprint density at radius 1 is 1.27 bits per heavy atom. The van der Waals surface area contributed by atoms with E-state index >= 15 is 0 Å². The lowest BCUT2D eigenvalue weighted by molar-refractivity contribution is 0.174. The Kier molecular flexibility index (Phi) is 3.75. The van der Waals surface area contributed by atoms with Gasteiger partial charge in [0, 0.05) is 12.4 Å². The van der Waals surface area contributed by atoms with E-state index in [1.807, 2.05) is 12.1 Å². The van der Waals surface area contributed by atoms with Gasteiger partial charge in [0.25, 0.3) is 5.56 Å². The summed E-state index contributed by atoms with van der Waals surface area (Å²) in [5.41, 5.74) is 0.359. The minimum atomic E-state index is -0.513. The summed E-state index contributed by atoms with van der Waals surface area (Å²) in [6.07, 6.45) is 4.47. The van der Waals surface area contributed by atoms with Crippen LogP contribution in [0, 0.1) is 4.77 Å². The number of benzene rings is 1. The smallest absolute Gasteiger partial charge is 0.264 e. The number of rotatable bonds is 3. The molecule has 0 saturated carbocycles. The van der Waals surface area contributed by atoms with E-state index in [9.17, 15) is 9.90 Å². The van der Waals surface area contributed by atoms with E-state index in [0.29, 0.717) is 11.5 Å². The van der Waals surface area contributed by atoms with Gasteiger partial charge in [-0.25, -0.2) is 0 Å². The predicted octanol–water partition coefficient (Wildman–Crippen LogP) is 1.96. The molecule has 0 radical (unpaired) electrons. The van der Waals surface area contributed by atoms with E-state index in [1.54, 1.807) is 12.1 Å². The lowest BCUT2D eigenvalue weighted by Crippen LogP contribution is -2.13. The molecule has 3 N–H and O–H groups in total. The van der Waals surface area contributed by atoms with Crippen molar-refractivity contribution in [3.8, 4) is 17.4 Å². The number of hydrogen-bond acceptors (Lipinski definition) is 6. The molecule has 7 nitrogen and oxygen atoms in total. The van der Waals surface area contributed by atoms with E-state index in [1.165, 1.54) is 12.4 Å². The molecule has 0 bridgehead atoms. The molecule has 0 spiro atoms. The van der Waals surface area contributed by atoms with Crippen LogP contribution in [0.4, 0.5) is 0 Å². The van der Waals surface area contributed by atoms with Crippen LogP contribution in [0.25, 0.3) is 6.08 Å². The van der Waals surface area contributed by atoms with Gasteiger partial charge in [-0.15, -0.1) is 0 Å². The lowest BCUT2D eigenvalue weighted by Gasteiger charge is -1.97.